The molecule has 0 saturated carbocycles. The van der Waals surface area contributed by atoms with Crippen LogP contribution in [0.15, 0.2) is 29.5 Å². The molecule has 0 saturated heterocycles. The van der Waals surface area contributed by atoms with E-state index >= 15 is 0 Å². The lowest BCUT2D eigenvalue weighted by molar-refractivity contribution is -0.141. The molecule has 0 unspecified atom stereocenters. The molecule has 1 aromatic rings. The minimum atomic E-state index is -1.22. The van der Waals surface area contributed by atoms with Gasteiger partial charge in [0.2, 0.25) is 0 Å². The molecule has 136 valence electrons. The van der Waals surface area contributed by atoms with Crippen LogP contribution in [0.3, 0.4) is 0 Å². The van der Waals surface area contributed by atoms with Gasteiger partial charge in [0.05, 0.1) is 23.8 Å². The minimum absolute atomic E-state index is 0.00435. The Morgan fingerprint density at radius 1 is 1.20 bits per heavy atom. The number of allylic oxidation sites excluding steroid dienone is 1. The van der Waals surface area contributed by atoms with Crippen LogP contribution >= 0.6 is 0 Å². The van der Waals surface area contributed by atoms with E-state index in [1.807, 2.05) is 0 Å². The van der Waals surface area contributed by atoms with Crippen LogP contribution in [0.2, 0.25) is 0 Å². The number of halogens is 2. The fourth-order valence-electron chi connectivity index (χ4n) is 2.73. The quantitative estimate of drug-likeness (QED) is 0.602. The number of urea groups is 1. The van der Waals surface area contributed by atoms with E-state index in [2.05, 4.69) is 0 Å². The van der Waals surface area contributed by atoms with E-state index in [1.165, 1.54) is 39.1 Å². The molecule has 0 radical (unpaired) electrons. The van der Waals surface area contributed by atoms with Crippen molar-refractivity contribution in [1.29, 1.82) is 0 Å². The molecule has 2 rings (SSSR count). The normalized spacial score (nSPS) is 18.0. The van der Waals surface area contributed by atoms with Crippen molar-refractivity contribution >= 4 is 12.0 Å². The Morgan fingerprint density at radius 2 is 1.80 bits per heavy atom. The summed E-state index contributed by atoms with van der Waals surface area (Å²) in [4.78, 5) is 27.3. The Balaban J connectivity index is 2.56. The summed E-state index contributed by atoms with van der Waals surface area (Å²) in [5.41, 5.74) is -0.0904. The zero-order valence-electron chi connectivity index (χ0n) is 14.5. The number of rotatable bonds is 5. The molecule has 0 fully saturated rings. The van der Waals surface area contributed by atoms with Crippen LogP contribution in [-0.2, 0) is 14.3 Å². The number of carbonyl (C=O) groups is 2. The fraction of sp³-hybridized carbons (Fsp3) is 0.412. The lowest BCUT2D eigenvalue weighted by atomic mass is 9.93. The second-order valence-electron chi connectivity index (χ2n) is 5.62. The lowest BCUT2D eigenvalue weighted by Gasteiger charge is -2.39. The molecule has 25 heavy (non-hydrogen) atoms. The maximum atomic E-state index is 14.3. The molecule has 1 heterocycles. The van der Waals surface area contributed by atoms with Gasteiger partial charge in [0.15, 0.2) is 0 Å². The van der Waals surface area contributed by atoms with Crippen molar-refractivity contribution in [3.63, 3.8) is 0 Å². The second kappa shape index (κ2) is 7.60. The monoisotopic (exact) mass is 354 g/mol. The van der Waals surface area contributed by atoms with E-state index in [0.29, 0.717) is 0 Å². The number of methoxy groups -OCH3 is 1. The Hall–Kier alpha value is -2.48. The van der Waals surface area contributed by atoms with E-state index in [1.54, 1.807) is 0 Å². The van der Waals surface area contributed by atoms with Gasteiger partial charge in [0, 0.05) is 26.9 Å². The molecule has 0 spiro atoms. The third kappa shape index (κ3) is 3.48. The summed E-state index contributed by atoms with van der Waals surface area (Å²) in [5, 5.41) is 0. The number of hydrogen-bond acceptors (Lipinski definition) is 4. The summed E-state index contributed by atoms with van der Waals surface area (Å²) < 4.78 is 38.6. The Bertz CT molecular complexity index is 700. The lowest BCUT2D eigenvalue weighted by Crippen LogP contribution is -2.47. The van der Waals surface area contributed by atoms with Crippen LogP contribution in [0.4, 0.5) is 13.6 Å². The van der Waals surface area contributed by atoms with Crippen molar-refractivity contribution in [1.82, 2.24) is 9.80 Å². The highest BCUT2D eigenvalue weighted by atomic mass is 19.1. The maximum Gasteiger partial charge on any atom is 0.338 e. The van der Waals surface area contributed by atoms with Gasteiger partial charge in [0.1, 0.15) is 18.2 Å². The second-order valence-corrected chi connectivity index (χ2v) is 5.62. The number of likely N-dealkylation sites (N-methyl/N-ethyl adjacent to an activating group) is 1. The van der Waals surface area contributed by atoms with Crippen molar-refractivity contribution in [3.8, 4) is 0 Å². The van der Waals surface area contributed by atoms with Crippen LogP contribution < -0.4 is 0 Å². The third-order valence-corrected chi connectivity index (χ3v) is 4.16. The van der Waals surface area contributed by atoms with Crippen LogP contribution in [0.25, 0.3) is 0 Å². The molecular weight excluding hydrogens is 334 g/mol. The van der Waals surface area contributed by atoms with Crippen LogP contribution in [0.1, 0.15) is 18.5 Å². The number of carbonyl (C=O) groups excluding carboxylic acids is 2. The van der Waals surface area contributed by atoms with Crippen molar-refractivity contribution in [2.45, 2.75) is 13.0 Å². The van der Waals surface area contributed by atoms with Gasteiger partial charge in [-0.3, -0.25) is 0 Å². The summed E-state index contributed by atoms with van der Waals surface area (Å²) in [6, 6.07) is 1.67. The van der Waals surface area contributed by atoms with Gasteiger partial charge in [-0.25, -0.2) is 18.4 Å². The van der Waals surface area contributed by atoms with Gasteiger partial charge in [-0.05, 0) is 19.1 Å². The van der Waals surface area contributed by atoms with Crippen molar-refractivity contribution < 1.29 is 27.8 Å². The first-order chi connectivity index (χ1) is 11.8. The smallest absolute Gasteiger partial charge is 0.338 e. The molecule has 1 aliphatic heterocycles. The predicted octanol–water partition coefficient (Wildman–Crippen LogP) is 2.47. The molecule has 1 aliphatic rings. The van der Waals surface area contributed by atoms with Crippen LogP contribution in [-0.4, -0.2) is 56.2 Å². The van der Waals surface area contributed by atoms with E-state index in [-0.39, 0.29) is 30.0 Å². The van der Waals surface area contributed by atoms with Crippen molar-refractivity contribution in [2.24, 2.45) is 0 Å². The number of esters is 1. The number of ether oxygens (including phenoxy) is 2. The van der Waals surface area contributed by atoms with E-state index < -0.39 is 29.7 Å². The molecule has 0 N–H and O–H groups in total. The van der Waals surface area contributed by atoms with E-state index in [0.717, 1.165) is 17.0 Å². The summed E-state index contributed by atoms with van der Waals surface area (Å²) in [6.07, 6.45) is 0. The molecule has 8 heteroatoms. The molecular formula is C17H20F2N2O4. The van der Waals surface area contributed by atoms with Gasteiger partial charge in [-0.1, -0.05) is 6.07 Å². The summed E-state index contributed by atoms with van der Waals surface area (Å²) in [7, 11) is 4.31. The van der Waals surface area contributed by atoms with Crippen molar-refractivity contribution in [2.75, 3.05) is 34.4 Å². The van der Waals surface area contributed by atoms with Gasteiger partial charge < -0.3 is 19.3 Å². The minimum Gasteiger partial charge on any atom is -0.460 e. The standard InChI is InChI=1S/C17H20F2N2O4/c1-10-13(16(22)25-9-8-24-4)15(21(3)17(23)20(10)2)14-11(18)6-5-7-12(14)19/h5-7,15H,8-9H2,1-4H3/t15-/m1/s1. The van der Waals surface area contributed by atoms with Gasteiger partial charge in [-0.15, -0.1) is 0 Å². The zero-order valence-corrected chi connectivity index (χ0v) is 14.5. The molecule has 2 amide bonds. The highest BCUT2D eigenvalue weighted by Crippen LogP contribution is 2.38. The number of amides is 2. The van der Waals surface area contributed by atoms with Crippen molar-refractivity contribution in [3.05, 3.63) is 46.7 Å². The first-order valence-corrected chi connectivity index (χ1v) is 7.62. The molecule has 1 aromatic carbocycles. The Labute approximate surface area is 144 Å². The zero-order chi connectivity index (χ0) is 18.7. The Kier molecular flexibility index (Phi) is 5.73. The highest BCUT2D eigenvalue weighted by Gasteiger charge is 2.41. The van der Waals surface area contributed by atoms with Gasteiger partial charge in [-0.2, -0.15) is 0 Å². The fourth-order valence-corrected chi connectivity index (χ4v) is 2.73. The molecule has 0 aromatic heterocycles. The number of benzene rings is 1. The SMILES string of the molecule is COCCOC(=O)C1=C(C)N(C)C(=O)N(C)[C@H]1c1c(F)cccc1F. The maximum absolute atomic E-state index is 14.3. The van der Waals surface area contributed by atoms with Gasteiger partial charge >= 0.3 is 12.0 Å². The third-order valence-electron chi connectivity index (χ3n) is 4.16. The number of nitrogens with zero attached hydrogens (tertiary/aromatic N) is 2. The molecule has 0 bridgehead atoms. The first-order valence-electron chi connectivity index (χ1n) is 7.62. The predicted molar refractivity (Wildman–Crippen MR) is 85.6 cm³/mol. The first kappa shape index (κ1) is 18.9. The van der Waals surface area contributed by atoms with Crippen LogP contribution in [0, 0.1) is 11.6 Å². The highest BCUT2D eigenvalue weighted by molar-refractivity contribution is 5.95. The summed E-state index contributed by atoms with van der Waals surface area (Å²) in [6.45, 7) is 1.70. The van der Waals surface area contributed by atoms with Crippen LogP contribution in [0.5, 0.6) is 0 Å². The summed E-state index contributed by atoms with van der Waals surface area (Å²) >= 11 is 0. The molecule has 6 nitrogen and oxygen atoms in total. The molecule has 0 aliphatic carbocycles. The summed E-state index contributed by atoms with van der Waals surface area (Å²) in [5.74, 6) is -2.44. The average molecular weight is 354 g/mol. The average Bonchev–Trinajstić information content (AvgIpc) is 2.57. The number of hydrogen-bond donors (Lipinski definition) is 0. The topological polar surface area (TPSA) is 59.1 Å². The van der Waals surface area contributed by atoms with E-state index in [9.17, 15) is 18.4 Å². The molecule has 1 atom stereocenters. The Morgan fingerprint density at radius 3 is 2.36 bits per heavy atom. The van der Waals surface area contributed by atoms with Gasteiger partial charge in [0.25, 0.3) is 0 Å². The largest absolute Gasteiger partial charge is 0.460 e. The van der Waals surface area contributed by atoms with E-state index in [4.69, 9.17) is 9.47 Å².